The number of hydrogen-bond donors (Lipinski definition) is 1. The third kappa shape index (κ3) is 4.96. The van der Waals surface area contributed by atoms with E-state index in [2.05, 4.69) is 87.2 Å². The van der Waals surface area contributed by atoms with Gasteiger partial charge in [-0.05, 0) is 17.7 Å². The van der Waals surface area contributed by atoms with E-state index >= 15 is 0 Å². The second kappa shape index (κ2) is 12.3. The maximum atomic E-state index is 5.32. The van der Waals surface area contributed by atoms with Gasteiger partial charge in [0.1, 0.15) is 17.6 Å². The summed E-state index contributed by atoms with van der Waals surface area (Å²) in [5, 5.41) is 6.85. The largest absolute Gasteiger partial charge is 0.344 e. The second-order valence-electron chi connectivity index (χ2n) is 12.6. The summed E-state index contributed by atoms with van der Waals surface area (Å²) in [7, 11) is 0. The minimum absolute atomic E-state index is 0.371. The van der Waals surface area contributed by atoms with Gasteiger partial charge in [0.15, 0.2) is 11.6 Å². The number of fused-ring (bicyclic) bond motifs is 5. The molecule has 1 N–H and O–H groups in total. The molecule has 246 valence electrons. The highest BCUT2D eigenvalue weighted by Gasteiger charge is 2.28. The fraction of sp³-hybridized carbons (Fsp3) is 0.0227. The van der Waals surface area contributed by atoms with Gasteiger partial charge < -0.3 is 5.32 Å². The highest BCUT2D eigenvalue weighted by Crippen LogP contribution is 2.39. The SMILES string of the molecule is c1ccc(C2=NC(n3c4ccccc4c4c5ccccc5n(-c5nc(-c6ccccc6)nc(-c6ccccc6)n5)c43)=NC(c3ccccc3)N2)cc1. The topological polar surface area (TPSA) is 85.3 Å². The lowest BCUT2D eigenvalue weighted by Crippen LogP contribution is -2.35. The lowest BCUT2D eigenvalue weighted by atomic mass is 10.1. The molecule has 1 aliphatic rings. The van der Waals surface area contributed by atoms with E-state index in [1.54, 1.807) is 0 Å². The summed E-state index contributed by atoms with van der Waals surface area (Å²) in [6.45, 7) is 0. The maximum absolute atomic E-state index is 5.32. The summed E-state index contributed by atoms with van der Waals surface area (Å²) in [5.41, 5.74) is 6.64. The van der Waals surface area contributed by atoms with Crippen LogP contribution in [0.15, 0.2) is 180 Å². The normalized spacial score (nSPS) is 14.3. The summed E-state index contributed by atoms with van der Waals surface area (Å²) in [6, 6.07) is 57.5. The van der Waals surface area contributed by atoms with E-state index in [0.717, 1.165) is 60.9 Å². The number of aromatic nitrogens is 5. The van der Waals surface area contributed by atoms with Crippen molar-refractivity contribution in [3.05, 3.63) is 181 Å². The van der Waals surface area contributed by atoms with Crippen LogP contribution in [0.4, 0.5) is 0 Å². The van der Waals surface area contributed by atoms with Crippen molar-refractivity contribution in [1.82, 2.24) is 29.4 Å². The average molecular weight is 671 g/mol. The Kier molecular flexibility index (Phi) is 7.02. The van der Waals surface area contributed by atoms with Crippen LogP contribution in [0.3, 0.4) is 0 Å². The van der Waals surface area contributed by atoms with Gasteiger partial charge in [-0.15, -0.1) is 0 Å². The molecule has 1 atom stereocenters. The molecule has 1 unspecified atom stereocenters. The molecule has 0 saturated carbocycles. The molecular formula is C44H30N8. The number of benzene rings is 6. The van der Waals surface area contributed by atoms with E-state index in [0.29, 0.717) is 23.6 Å². The Morgan fingerprint density at radius 2 is 0.942 bits per heavy atom. The van der Waals surface area contributed by atoms with Gasteiger partial charge in [0, 0.05) is 32.8 Å². The van der Waals surface area contributed by atoms with Crippen molar-refractivity contribution >= 4 is 44.6 Å². The molecule has 8 nitrogen and oxygen atoms in total. The number of para-hydroxylation sites is 2. The minimum atomic E-state index is -0.371. The molecule has 0 spiro atoms. The Hall–Kier alpha value is -7.19. The van der Waals surface area contributed by atoms with Gasteiger partial charge in [-0.2, -0.15) is 15.0 Å². The van der Waals surface area contributed by atoms with Gasteiger partial charge in [0.25, 0.3) is 0 Å². The van der Waals surface area contributed by atoms with Gasteiger partial charge in [-0.1, -0.05) is 158 Å². The highest BCUT2D eigenvalue weighted by atomic mass is 15.3. The number of amidine groups is 1. The zero-order chi connectivity index (χ0) is 34.4. The summed E-state index contributed by atoms with van der Waals surface area (Å²) in [6.07, 6.45) is -0.371. The van der Waals surface area contributed by atoms with E-state index in [-0.39, 0.29) is 6.17 Å². The van der Waals surface area contributed by atoms with E-state index in [9.17, 15) is 0 Å². The van der Waals surface area contributed by atoms with Crippen molar-refractivity contribution in [2.24, 2.45) is 9.98 Å². The predicted molar refractivity (Wildman–Crippen MR) is 209 cm³/mol. The van der Waals surface area contributed by atoms with Gasteiger partial charge in [0.2, 0.25) is 11.9 Å². The smallest absolute Gasteiger partial charge is 0.239 e. The first-order valence-electron chi connectivity index (χ1n) is 17.2. The lowest BCUT2D eigenvalue weighted by Gasteiger charge is -2.24. The molecule has 0 saturated heterocycles. The summed E-state index contributed by atoms with van der Waals surface area (Å²) < 4.78 is 4.31. The molecule has 4 heterocycles. The molecule has 6 aromatic carbocycles. The van der Waals surface area contributed by atoms with Crippen LogP contribution in [-0.2, 0) is 0 Å². The standard InChI is InChI=1S/C44H30N8/c1-5-17-29(18-6-1)38-45-39(30-19-7-2-8-20-30)48-43(47-38)51-35-27-15-13-25-33(35)37-34-26-14-16-28-36(34)52(42(37)51)44-49-40(31-21-9-3-10-22-31)46-41(50-44)32-23-11-4-12-24-32/h1-28,38H,(H,45,47,48). The Morgan fingerprint density at radius 1 is 0.462 bits per heavy atom. The molecule has 9 aromatic rings. The number of aliphatic imine (C=N–C) groups is 2. The molecule has 0 bridgehead atoms. The maximum Gasteiger partial charge on any atom is 0.239 e. The summed E-state index contributed by atoms with van der Waals surface area (Å²) in [4.78, 5) is 26.0. The Balaban J connectivity index is 1.31. The van der Waals surface area contributed by atoms with Crippen LogP contribution < -0.4 is 5.32 Å². The van der Waals surface area contributed by atoms with Crippen molar-refractivity contribution in [1.29, 1.82) is 0 Å². The molecule has 0 aliphatic carbocycles. The van der Waals surface area contributed by atoms with E-state index < -0.39 is 0 Å². The van der Waals surface area contributed by atoms with Crippen molar-refractivity contribution in [2.75, 3.05) is 0 Å². The number of nitrogens with one attached hydrogen (secondary N) is 1. The van der Waals surface area contributed by atoms with Crippen molar-refractivity contribution in [2.45, 2.75) is 6.17 Å². The van der Waals surface area contributed by atoms with E-state index in [1.807, 2.05) is 97.1 Å². The minimum Gasteiger partial charge on any atom is -0.344 e. The van der Waals surface area contributed by atoms with Crippen molar-refractivity contribution < 1.29 is 0 Å². The molecule has 0 fully saturated rings. The Labute approximate surface area is 299 Å². The molecule has 8 heteroatoms. The Morgan fingerprint density at radius 3 is 1.52 bits per heavy atom. The van der Waals surface area contributed by atoms with Gasteiger partial charge >= 0.3 is 0 Å². The first-order valence-corrected chi connectivity index (χ1v) is 17.2. The predicted octanol–water partition coefficient (Wildman–Crippen LogP) is 9.21. The van der Waals surface area contributed by atoms with Crippen molar-refractivity contribution in [3.63, 3.8) is 0 Å². The lowest BCUT2D eigenvalue weighted by molar-refractivity contribution is 0.668. The number of nitrogens with zero attached hydrogens (tertiary/aromatic N) is 7. The zero-order valence-electron chi connectivity index (χ0n) is 27.9. The quantitative estimate of drug-likeness (QED) is 0.198. The van der Waals surface area contributed by atoms with Crippen LogP contribution >= 0.6 is 0 Å². The molecule has 10 rings (SSSR count). The molecule has 52 heavy (non-hydrogen) atoms. The summed E-state index contributed by atoms with van der Waals surface area (Å²) in [5.74, 6) is 2.98. The van der Waals surface area contributed by atoms with E-state index in [4.69, 9.17) is 24.9 Å². The fourth-order valence-electron chi connectivity index (χ4n) is 7.08. The number of rotatable bonds is 5. The fourth-order valence-corrected chi connectivity index (χ4v) is 7.08. The van der Waals surface area contributed by atoms with Crippen LogP contribution in [-0.4, -0.2) is 35.9 Å². The monoisotopic (exact) mass is 670 g/mol. The number of hydrogen-bond acceptors (Lipinski definition) is 6. The molecule has 3 aromatic heterocycles. The molecule has 0 amide bonds. The summed E-state index contributed by atoms with van der Waals surface area (Å²) >= 11 is 0. The van der Waals surface area contributed by atoms with Gasteiger partial charge in [-0.3, -0.25) is 9.13 Å². The van der Waals surface area contributed by atoms with Crippen molar-refractivity contribution in [3.8, 4) is 28.7 Å². The molecule has 0 radical (unpaired) electrons. The average Bonchev–Trinajstić information content (AvgIpc) is 3.74. The van der Waals surface area contributed by atoms with Crippen LogP contribution in [0.25, 0.3) is 61.6 Å². The van der Waals surface area contributed by atoms with Crippen LogP contribution in [0, 0.1) is 0 Å². The van der Waals surface area contributed by atoms with Crippen LogP contribution in [0.5, 0.6) is 0 Å². The van der Waals surface area contributed by atoms with Gasteiger partial charge in [-0.25, -0.2) is 9.98 Å². The third-order valence-corrected chi connectivity index (χ3v) is 9.46. The zero-order valence-corrected chi connectivity index (χ0v) is 27.9. The molecule has 1 aliphatic heterocycles. The van der Waals surface area contributed by atoms with Crippen LogP contribution in [0.2, 0.25) is 0 Å². The third-order valence-electron chi connectivity index (χ3n) is 9.46. The second-order valence-corrected chi connectivity index (χ2v) is 12.6. The molecular weight excluding hydrogens is 641 g/mol. The first kappa shape index (κ1) is 29.7. The van der Waals surface area contributed by atoms with Gasteiger partial charge in [0.05, 0.1) is 11.0 Å². The highest BCUT2D eigenvalue weighted by molar-refractivity contribution is 6.25. The Bertz CT molecular complexity index is 2750. The van der Waals surface area contributed by atoms with E-state index in [1.165, 1.54) is 0 Å². The first-order chi connectivity index (χ1) is 25.8. The van der Waals surface area contributed by atoms with Crippen LogP contribution in [0.1, 0.15) is 17.3 Å².